The molecule has 271 valence electrons. The van der Waals surface area contributed by atoms with Crippen LogP contribution in [-0.4, -0.2) is 15.3 Å². The van der Waals surface area contributed by atoms with Crippen LogP contribution >= 0.6 is 0 Å². The zero-order chi connectivity index (χ0) is 37.9. The SMILES string of the molecule is CC(C)(C)c1cc(C[N+](Cc2cc(C(C)(C)C)c(O)c(C(C)(C)C)c2)Cc2cc(C(C)(C)C)c(O)c(C(C)(C)C)c2)cc(C(C)(C)C)c1O. The Bertz CT molecular complexity index is 1350. The number of rotatable bonds is 6. The van der Waals surface area contributed by atoms with E-state index in [1.165, 1.54) is 0 Å². The zero-order valence-corrected chi connectivity index (χ0v) is 34.4. The summed E-state index contributed by atoms with van der Waals surface area (Å²) in [6, 6.07) is 13.1. The second-order valence-electron chi connectivity index (χ2n) is 20.8. The van der Waals surface area contributed by atoms with Gasteiger partial charge in [-0.05, 0) is 68.9 Å². The standard InChI is InChI=1S/C45H69NO3/c1-40(2,3)31-19-28(20-32(37(31)47)41(4,5)6)25-46(26-29-21-33(42(7,8)9)38(48)34(22-29)43(10,11)12)27-30-23-35(44(13,14)15)39(49)36(24-30)45(16,17)18/h19-24,47-49H,25-27H2,1-18H3/q+1. The van der Waals surface area contributed by atoms with Crippen molar-refractivity contribution in [3.8, 4) is 17.2 Å². The Kier molecular flexibility index (Phi) is 11.0. The maximum Gasteiger partial charge on any atom is 0.148 e. The molecule has 49 heavy (non-hydrogen) atoms. The summed E-state index contributed by atoms with van der Waals surface area (Å²) < 4.78 is 0. The van der Waals surface area contributed by atoms with Crippen molar-refractivity contribution in [1.82, 2.24) is 4.90 Å². The molecule has 3 aromatic rings. The number of aromatic hydroxyl groups is 3. The number of nitrogens with zero attached hydrogens (tertiary/aromatic N) is 1. The average molecular weight is 672 g/mol. The van der Waals surface area contributed by atoms with Crippen molar-refractivity contribution in [3.63, 3.8) is 0 Å². The molecule has 0 spiro atoms. The number of hydrogen-bond acceptors (Lipinski definition) is 4. The van der Waals surface area contributed by atoms with Gasteiger partial charge < -0.3 is 15.3 Å². The van der Waals surface area contributed by atoms with Gasteiger partial charge in [0.05, 0.1) is 0 Å². The fourth-order valence-electron chi connectivity index (χ4n) is 6.73. The molecule has 0 atom stereocenters. The molecule has 3 rings (SSSR count). The molecule has 0 heterocycles. The number of benzene rings is 3. The van der Waals surface area contributed by atoms with Crippen molar-refractivity contribution in [3.05, 3.63) is 86.5 Å². The van der Waals surface area contributed by atoms with E-state index in [0.717, 1.165) is 50.1 Å². The largest absolute Gasteiger partial charge is 0.507 e. The highest BCUT2D eigenvalue weighted by Crippen LogP contribution is 2.43. The van der Waals surface area contributed by atoms with Gasteiger partial charge in [-0.15, -0.1) is 0 Å². The fourth-order valence-corrected chi connectivity index (χ4v) is 6.73. The van der Waals surface area contributed by atoms with Crippen LogP contribution in [0, 0.1) is 0 Å². The monoisotopic (exact) mass is 672 g/mol. The quantitative estimate of drug-likeness (QED) is 0.229. The Morgan fingerprint density at radius 2 is 0.469 bits per heavy atom. The van der Waals surface area contributed by atoms with Gasteiger partial charge in [-0.25, -0.2) is 0 Å². The van der Waals surface area contributed by atoms with E-state index in [0.29, 0.717) is 36.9 Å². The van der Waals surface area contributed by atoms with Gasteiger partial charge >= 0.3 is 0 Å². The van der Waals surface area contributed by atoms with Gasteiger partial charge in [-0.2, -0.15) is 4.90 Å². The van der Waals surface area contributed by atoms with E-state index < -0.39 is 0 Å². The van der Waals surface area contributed by atoms with Crippen LogP contribution < -0.4 is 4.90 Å². The summed E-state index contributed by atoms with van der Waals surface area (Å²) in [5.41, 5.74) is 7.83. The minimum absolute atomic E-state index is 0.231. The first kappa shape index (κ1) is 40.4. The van der Waals surface area contributed by atoms with Gasteiger partial charge in [0.15, 0.2) is 0 Å². The van der Waals surface area contributed by atoms with Crippen LogP contribution in [0.5, 0.6) is 17.2 Å². The minimum atomic E-state index is -0.231. The molecule has 0 unspecified atom stereocenters. The minimum Gasteiger partial charge on any atom is -0.507 e. The lowest BCUT2D eigenvalue weighted by atomic mass is 9.78. The third kappa shape index (κ3) is 9.63. The van der Waals surface area contributed by atoms with Crippen molar-refractivity contribution in [1.29, 1.82) is 0 Å². The summed E-state index contributed by atoms with van der Waals surface area (Å²) in [6.45, 7) is 40.9. The van der Waals surface area contributed by atoms with E-state index in [1.54, 1.807) is 0 Å². The third-order valence-electron chi connectivity index (χ3n) is 9.58. The molecule has 1 radical (unpaired) electrons. The summed E-state index contributed by atoms with van der Waals surface area (Å²) in [7, 11) is 0. The molecule has 0 bridgehead atoms. The summed E-state index contributed by atoms with van der Waals surface area (Å²) in [4.78, 5) is 2.47. The topological polar surface area (TPSA) is 66.6 Å². The molecule has 3 aromatic carbocycles. The second-order valence-corrected chi connectivity index (χ2v) is 20.8. The first-order valence-corrected chi connectivity index (χ1v) is 18.1. The predicted molar refractivity (Wildman–Crippen MR) is 210 cm³/mol. The Morgan fingerprint density at radius 1 is 0.327 bits per heavy atom. The molecular formula is C45H69NO3+. The number of phenolic OH excluding ortho intramolecular Hbond substituents is 3. The van der Waals surface area contributed by atoms with Gasteiger partial charge in [-0.3, -0.25) is 0 Å². The first-order chi connectivity index (χ1) is 21.8. The molecule has 0 aliphatic rings. The van der Waals surface area contributed by atoms with Crippen LogP contribution in [0.25, 0.3) is 0 Å². The summed E-state index contributed by atoms with van der Waals surface area (Å²) in [5.74, 6) is 1.17. The molecule has 0 saturated carbocycles. The second kappa shape index (κ2) is 13.3. The molecular weight excluding hydrogens is 602 g/mol. The van der Waals surface area contributed by atoms with Crippen molar-refractivity contribution in [2.24, 2.45) is 0 Å². The Morgan fingerprint density at radius 3 is 0.592 bits per heavy atom. The van der Waals surface area contributed by atoms with Crippen LogP contribution in [0.1, 0.15) is 175 Å². The van der Waals surface area contributed by atoms with Gasteiger partial charge in [0, 0.05) is 50.1 Å². The van der Waals surface area contributed by atoms with E-state index in [2.05, 4.69) is 166 Å². The molecule has 0 saturated heterocycles. The van der Waals surface area contributed by atoms with Crippen molar-refractivity contribution in [2.45, 2.75) is 177 Å². The van der Waals surface area contributed by atoms with Gasteiger partial charge in [0.25, 0.3) is 0 Å². The number of hydrogen-bond donors (Lipinski definition) is 3. The van der Waals surface area contributed by atoms with Crippen LogP contribution in [0.15, 0.2) is 36.4 Å². The smallest absolute Gasteiger partial charge is 0.148 e. The summed E-state index contributed by atoms with van der Waals surface area (Å²) >= 11 is 0. The van der Waals surface area contributed by atoms with Gasteiger partial charge in [-0.1, -0.05) is 125 Å². The maximum absolute atomic E-state index is 11.5. The number of phenols is 3. The van der Waals surface area contributed by atoms with E-state index in [-0.39, 0.29) is 32.5 Å². The molecule has 3 N–H and O–H groups in total. The maximum atomic E-state index is 11.5. The Labute approximate surface area is 300 Å². The molecule has 0 amide bonds. The van der Waals surface area contributed by atoms with E-state index in [9.17, 15) is 15.3 Å². The van der Waals surface area contributed by atoms with E-state index >= 15 is 0 Å². The van der Waals surface area contributed by atoms with E-state index in [4.69, 9.17) is 0 Å². The molecule has 0 aliphatic carbocycles. The molecule has 0 aromatic heterocycles. The van der Waals surface area contributed by atoms with Crippen LogP contribution in [0.4, 0.5) is 0 Å². The lowest BCUT2D eigenvalue weighted by Crippen LogP contribution is -2.30. The van der Waals surface area contributed by atoms with Gasteiger partial charge in [0.2, 0.25) is 0 Å². The first-order valence-electron chi connectivity index (χ1n) is 18.1. The average Bonchev–Trinajstić information content (AvgIpc) is 2.87. The Balaban J connectivity index is 2.33. The zero-order valence-electron chi connectivity index (χ0n) is 34.4. The highest BCUT2D eigenvalue weighted by molar-refractivity contribution is 5.52. The van der Waals surface area contributed by atoms with Crippen molar-refractivity contribution >= 4 is 0 Å². The highest BCUT2D eigenvalue weighted by Gasteiger charge is 2.32. The van der Waals surface area contributed by atoms with Crippen LogP contribution in [0.2, 0.25) is 0 Å². The lowest BCUT2D eigenvalue weighted by Gasteiger charge is -2.30. The van der Waals surface area contributed by atoms with E-state index in [1.807, 2.05) is 0 Å². The third-order valence-corrected chi connectivity index (χ3v) is 9.58. The molecule has 0 aliphatic heterocycles. The summed E-state index contributed by atoms with van der Waals surface area (Å²) in [6.07, 6.45) is 0. The highest BCUT2D eigenvalue weighted by atomic mass is 16.3. The van der Waals surface area contributed by atoms with Gasteiger partial charge in [0.1, 0.15) is 36.9 Å². The predicted octanol–water partition coefficient (Wildman–Crippen LogP) is 11.6. The van der Waals surface area contributed by atoms with Crippen molar-refractivity contribution in [2.75, 3.05) is 0 Å². The van der Waals surface area contributed by atoms with Crippen LogP contribution in [0.3, 0.4) is 0 Å². The fraction of sp³-hybridized carbons (Fsp3) is 0.600. The summed E-state index contributed by atoms with van der Waals surface area (Å²) in [5, 5.41) is 34.5. The normalized spacial score (nSPS) is 13.8. The van der Waals surface area contributed by atoms with Crippen molar-refractivity contribution < 1.29 is 15.3 Å². The van der Waals surface area contributed by atoms with Crippen LogP contribution in [-0.2, 0) is 52.1 Å². The molecule has 0 fully saturated rings. The Hall–Kier alpha value is -2.98. The molecule has 4 nitrogen and oxygen atoms in total. The molecule has 4 heteroatoms. The lowest BCUT2D eigenvalue weighted by molar-refractivity contribution is 0.380.